The van der Waals surface area contributed by atoms with Crippen LogP contribution in [0.25, 0.3) is 22.4 Å². The minimum atomic E-state index is -0.529. The van der Waals surface area contributed by atoms with Crippen LogP contribution in [-0.2, 0) is 0 Å². The monoisotopic (exact) mass is 360 g/mol. The Morgan fingerprint density at radius 2 is 1.63 bits per heavy atom. The van der Waals surface area contributed by atoms with Crippen molar-refractivity contribution in [1.82, 2.24) is 4.98 Å². The van der Waals surface area contributed by atoms with Crippen molar-refractivity contribution in [1.29, 1.82) is 5.26 Å². The number of pyridine rings is 1. The van der Waals surface area contributed by atoms with Crippen molar-refractivity contribution in [2.24, 2.45) is 0 Å². The zero-order chi connectivity index (χ0) is 19.4. The first kappa shape index (κ1) is 18.0. The molecule has 1 aromatic heterocycles. The van der Waals surface area contributed by atoms with Crippen LogP contribution < -0.4 is 14.9 Å². The third kappa shape index (κ3) is 3.31. The van der Waals surface area contributed by atoms with Crippen LogP contribution in [0.3, 0.4) is 0 Å². The van der Waals surface area contributed by atoms with Crippen LogP contribution in [0.5, 0.6) is 17.4 Å². The van der Waals surface area contributed by atoms with Gasteiger partial charge in [-0.2, -0.15) is 5.26 Å². The molecule has 3 aromatic rings. The number of benzene rings is 1. The summed E-state index contributed by atoms with van der Waals surface area (Å²) in [5.41, 5.74) is 1.43. The molecule has 0 saturated carbocycles. The number of hydrogen-bond donors (Lipinski definition) is 1. The topological polar surface area (TPSA) is 92.4 Å². The molecule has 0 radical (unpaired) electrons. The minimum absolute atomic E-state index is 0.0919. The number of nitriles is 1. The number of para-hydroxylation sites is 1. The number of ether oxygens (including phenoxy) is 2. The van der Waals surface area contributed by atoms with Crippen LogP contribution in [-0.4, -0.2) is 24.3 Å². The van der Waals surface area contributed by atoms with Gasteiger partial charge in [0.1, 0.15) is 17.4 Å². The van der Waals surface area contributed by atoms with Crippen molar-refractivity contribution < 1.29 is 14.6 Å². The summed E-state index contributed by atoms with van der Waals surface area (Å²) in [7, 11) is 2.94. The van der Waals surface area contributed by atoms with Crippen LogP contribution >= 0.6 is 0 Å². The molecular weight excluding hydrogens is 344 g/mol. The van der Waals surface area contributed by atoms with Gasteiger partial charge in [-0.1, -0.05) is 30.3 Å². The van der Waals surface area contributed by atoms with Crippen molar-refractivity contribution >= 4 is 0 Å². The lowest BCUT2D eigenvalue weighted by molar-refractivity contribution is 0.397. The van der Waals surface area contributed by atoms with E-state index in [9.17, 15) is 15.2 Å². The van der Waals surface area contributed by atoms with Gasteiger partial charge in [0.2, 0.25) is 11.3 Å². The van der Waals surface area contributed by atoms with Crippen LogP contribution in [0.4, 0.5) is 0 Å². The Bertz CT molecular complexity index is 1100. The van der Waals surface area contributed by atoms with Gasteiger partial charge in [0.05, 0.1) is 19.9 Å². The zero-order valence-corrected chi connectivity index (χ0v) is 14.8. The van der Waals surface area contributed by atoms with Crippen LogP contribution in [0, 0.1) is 11.3 Å². The molecule has 3 rings (SSSR count). The average Bonchev–Trinajstić information content (AvgIpc) is 2.88. The minimum Gasteiger partial charge on any atom is -0.504 e. The number of aromatic hydroxyl groups is 1. The van der Waals surface area contributed by atoms with Gasteiger partial charge in [0.15, 0.2) is 5.75 Å². The Labute approximate surface area is 155 Å². The summed E-state index contributed by atoms with van der Waals surface area (Å²) in [6.45, 7) is 0. The highest BCUT2D eigenvalue weighted by Gasteiger charge is 2.19. The van der Waals surface area contributed by atoms with Crippen molar-refractivity contribution in [2.45, 2.75) is 0 Å². The van der Waals surface area contributed by atoms with E-state index in [1.807, 2.05) is 18.2 Å². The van der Waals surface area contributed by atoms with Gasteiger partial charge in [-0.25, -0.2) is 4.98 Å². The second-order valence-corrected chi connectivity index (χ2v) is 5.60. The lowest BCUT2D eigenvalue weighted by atomic mass is 9.98. The molecule has 1 heterocycles. The molecule has 0 spiro atoms. The summed E-state index contributed by atoms with van der Waals surface area (Å²) >= 11 is 0. The molecule has 0 aliphatic heterocycles. The van der Waals surface area contributed by atoms with Gasteiger partial charge in [-0.15, -0.1) is 0 Å². The smallest absolute Gasteiger partial charge is 0.232 e. The molecule has 0 aliphatic carbocycles. The Balaban J connectivity index is 2.38. The SMILES string of the molecule is COc1ccccc1-c1cc(-c2ccccc(=O)c2O)nc(OC)c1C#N. The third-order valence-corrected chi connectivity index (χ3v) is 4.07. The quantitative estimate of drug-likeness (QED) is 0.767. The molecule has 0 amide bonds. The van der Waals surface area contributed by atoms with Gasteiger partial charge >= 0.3 is 0 Å². The Kier molecular flexibility index (Phi) is 5.04. The number of rotatable bonds is 4. The standard InChI is InChI=1S/C21H16N2O4/c1-26-19-10-6-4-7-13(19)15-11-17(23-21(27-2)16(15)12-22)14-8-3-5-9-18(24)20(14)25/h3-11H,1-2H3,(H,24,25). The van der Waals surface area contributed by atoms with Crippen molar-refractivity contribution in [3.05, 3.63) is 70.4 Å². The first-order chi connectivity index (χ1) is 13.1. The molecule has 2 aromatic carbocycles. The Morgan fingerprint density at radius 3 is 2.30 bits per heavy atom. The molecule has 0 fully saturated rings. The van der Waals surface area contributed by atoms with E-state index >= 15 is 0 Å². The molecule has 6 heteroatoms. The maximum atomic E-state index is 12.0. The fourth-order valence-electron chi connectivity index (χ4n) is 2.79. The maximum absolute atomic E-state index is 12.0. The van der Waals surface area contributed by atoms with Crippen LogP contribution in [0.1, 0.15) is 5.56 Å². The Morgan fingerprint density at radius 1 is 0.963 bits per heavy atom. The Hall–Kier alpha value is -3.85. The van der Waals surface area contributed by atoms with Crippen molar-refractivity contribution in [3.8, 4) is 45.8 Å². The molecule has 0 atom stereocenters. The number of aromatic nitrogens is 1. The summed E-state index contributed by atoms with van der Waals surface area (Å²) < 4.78 is 10.7. The van der Waals surface area contributed by atoms with Gasteiger partial charge in [0.25, 0.3) is 0 Å². The molecular formula is C21H16N2O4. The first-order valence-electron chi connectivity index (χ1n) is 8.06. The molecule has 6 nitrogen and oxygen atoms in total. The van der Waals surface area contributed by atoms with E-state index in [0.717, 1.165) is 0 Å². The maximum Gasteiger partial charge on any atom is 0.232 e. The molecule has 0 unspecified atom stereocenters. The lowest BCUT2D eigenvalue weighted by Crippen LogP contribution is -2.00. The van der Waals surface area contributed by atoms with E-state index < -0.39 is 11.2 Å². The van der Waals surface area contributed by atoms with E-state index in [0.29, 0.717) is 22.6 Å². The summed E-state index contributed by atoms with van der Waals surface area (Å²) in [6, 6.07) is 17.0. The van der Waals surface area contributed by atoms with Crippen LogP contribution in [0.15, 0.2) is 59.4 Å². The zero-order valence-electron chi connectivity index (χ0n) is 14.8. The molecule has 0 aliphatic rings. The van der Waals surface area contributed by atoms with E-state index in [1.165, 1.54) is 26.4 Å². The highest BCUT2D eigenvalue weighted by Crippen LogP contribution is 2.38. The summed E-state index contributed by atoms with van der Waals surface area (Å²) in [6.07, 6.45) is 0. The van der Waals surface area contributed by atoms with Crippen molar-refractivity contribution in [3.63, 3.8) is 0 Å². The van der Waals surface area contributed by atoms with Gasteiger partial charge in [-0.05, 0) is 24.3 Å². The normalized spacial score (nSPS) is 10.1. The van der Waals surface area contributed by atoms with Crippen LogP contribution in [0.2, 0.25) is 0 Å². The number of methoxy groups -OCH3 is 2. The molecule has 27 heavy (non-hydrogen) atoms. The molecule has 134 valence electrons. The average molecular weight is 360 g/mol. The number of hydrogen-bond acceptors (Lipinski definition) is 6. The second-order valence-electron chi connectivity index (χ2n) is 5.60. The third-order valence-electron chi connectivity index (χ3n) is 4.07. The van der Waals surface area contributed by atoms with E-state index in [1.54, 1.807) is 24.3 Å². The highest BCUT2D eigenvalue weighted by molar-refractivity contribution is 5.82. The lowest BCUT2D eigenvalue weighted by Gasteiger charge is -2.14. The molecule has 0 saturated heterocycles. The largest absolute Gasteiger partial charge is 0.504 e. The number of nitrogens with zero attached hydrogens (tertiary/aromatic N) is 2. The highest BCUT2D eigenvalue weighted by atomic mass is 16.5. The predicted octanol–water partition coefficient (Wildman–Crippen LogP) is 3.37. The molecule has 1 N–H and O–H groups in total. The molecule has 0 bridgehead atoms. The van der Waals surface area contributed by atoms with E-state index in [4.69, 9.17) is 9.47 Å². The fraction of sp³-hybridized carbons (Fsp3) is 0.0952. The first-order valence-corrected chi connectivity index (χ1v) is 8.06. The summed E-state index contributed by atoms with van der Waals surface area (Å²) in [4.78, 5) is 16.3. The second kappa shape index (κ2) is 7.58. The fourth-order valence-corrected chi connectivity index (χ4v) is 2.79. The van der Waals surface area contributed by atoms with E-state index in [2.05, 4.69) is 11.1 Å². The summed E-state index contributed by atoms with van der Waals surface area (Å²) in [5, 5.41) is 19.9. The van der Waals surface area contributed by atoms with E-state index in [-0.39, 0.29) is 17.0 Å². The van der Waals surface area contributed by atoms with Crippen molar-refractivity contribution in [2.75, 3.05) is 14.2 Å². The van der Waals surface area contributed by atoms with Gasteiger partial charge in [-0.3, -0.25) is 4.79 Å². The predicted molar refractivity (Wildman–Crippen MR) is 101 cm³/mol. The summed E-state index contributed by atoms with van der Waals surface area (Å²) in [5.74, 6) is 0.236. The van der Waals surface area contributed by atoms with Gasteiger partial charge in [0, 0.05) is 16.7 Å². The van der Waals surface area contributed by atoms with Gasteiger partial charge < -0.3 is 14.6 Å².